The molecule has 148 valence electrons. The fourth-order valence-electron chi connectivity index (χ4n) is 2.61. The van der Waals surface area contributed by atoms with Gasteiger partial charge in [0.15, 0.2) is 11.5 Å². The van der Waals surface area contributed by atoms with Gasteiger partial charge in [-0.15, -0.1) is 0 Å². The first-order valence-corrected chi connectivity index (χ1v) is 8.76. The molecule has 0 saturated heterocycles. The molecule has 0 radical (unpaired) electrons. The molecule has 0 fully saturated rings. The molecule has 0 bridgehead atoms. The van der Waals surface area contributed by atoms with Crippen LogP contribution < -0.4 is 14.8 Å². The minimum atomic E-state index is -0.481. The molecule has 0 unspecified atom stereocenters. The summed E-state index contributed by atoms with van der Waals surface area (Å²) in [6.45, 7) is 1.96. The lowest BCUT2D eigenvalue weighted by molar-refractivity contribution is -0.384. The zero-order valence-corrected chi connectivity index (χ0v) is 15.9. The van der Waals surface area contributed by atoms with E-state index in [-0.39, 0.29) is 18.0 Å². The van der Waals surface area contributed by atoms with Crippen molar-refractivity contribution in [3.05, 3.63) is 82.0 Å². The first-order chi connectivity index (χ1) is 13.9. The molecule has 0 saturated carbocycles. The quantitative estimate of drug-likeness (QED) is 0.475. The molecule has 0 atom stereocenters. The highest BCUT2D eigenvalue weighted by Gasteiger charge is 2.09. The Morgan fingerprint density at radius 1 is 1.10 bits per heavy atom. The average Bonchev–Trinajstić information content (AvgIpc) is 2.71. The number of amides is 1. The van der Waals surface area contributed by atoms with Crippen LogP contribution in [0.2, 0.25) is 0 Å². The van der Waals surface area contributed by atoms with Gasteiger partial charge in [0.1, 0.15) is 0 Å². The van der Waals surface area contributed by atoms with E-state index >= 15 is 0 Å². The van der Waals surface area contributed by atoms with Crippen molar-refractivity contribution in [2.24, 2.45) is 0 Å². The van der Waals surface area contributed by atoms with E-state index in [1.807, 2.05) is 19.1 Å². The smallest absolute Gasteiger partial charge is 0.269 e. The second-order valence-electron chi connectivity index (χ2n) is 6.29. The van der Waals surface area contributed by atoms with Crippen molar-refractivity contribution in [2.45, 2.75) is 13.3 Å². The third-order valence-electron chi connectivity index (χ3n) is 4.07. The number of hydrogen-bond acceptors (Lipinski definition) is 6. The summed E-state index contributed by atoms with van der Waals surface area (Å²) in [7, 11) is 1.57. The standard InChI is InChI=1S/C21H19N3O5/c1-14-3-9-18(19(11-14)28-2)29-21-10-6-16(13-22-21)23-20(25)12-15-4-7-17(8-5-15)24(26)27/h3-11,13H,12H2,1-2H3,(H,23,25). The van der Waals surface area contributed by atoms with Crippen LogP contribution in [0.1, 0.15) is 11.1 Å². The SMILES string of the molecule is COc1cc(C)ccc1Oc1ccc(NC(=O)Cc2ccc([N+](=O)[O-])cc2)cn1. The number of aromatic nitrogens is 1. The molecule has 8 nitrogen and oxygen atoms in total. The average molecular weight is 393 g/mol. The number of aryl methyl sites for hydroxylation is 1. The Balaban J connectivity index is 1.60. The summed E-state index contributed by atoms with van der Waals surface area (Å²) in [5.41, 5.74) is 2.22. The van der Waals surface area contributed by atoms with E-state index in [0.717, 1.165) is 5.56 Å². The molecule has 29 heavy (non-hydrogen) atoms. The van der Waals surface area contributed by atoms with E-state index in [1.54, 1.807) is 37.4 Å². The van der Waals surface area contributed by atoms with E-state index in [4.69, 9.17) is 9.47 Å². The topological polar surface area (TPSA) is 104 Å². The highest BCUT2D eigenvalue weighted by molar-refractivity contribution is 5.92. The van der Waals surface area contributed by atoms with Crippen LogP contribution in [0.5, 0.6) is 17.4 Å². The maximum absolute atomic E-state index is 12.2. The van der Waals surface area contributed by atoms with Crippen molar-refractivity contribution in [3.8, 4) is 17.4 Å². The summed E-state index contributed by atoms with van der Waals surface area (Å²) in [5, 5.41) is 13.4. The number of ether oxygens (including phenoxy) is 2. The number of non-ortho nitro benzene ring substituents is 1. The molecule has 1 aromatic heterocycles. The predicted molar refractivity (Wildman–Crippen MR) is 107 cm³/mol. The van der Waals surface area contributed by atoms with Gasteiger partial charge in [-0.3, -0.25) is 14.9 Å². The van der Waals surface area contributed by atoms with Crippen molar-refractivity contribution >= 4 is 17.3 Å². The third-order valence-corrected chi connectivity index (χ3v) is 4.07. The van der Waals surface area contributed by atoms with E-state index in [9.17, 15) is 14.9 Å². The summed E-state index contributed by atoms with van der Waals surface area (Å²) < 4.78 is 11.0. The molecule has 1 heterocycles. The zero-order chi connectivity index (χ0) is 20.8. The van der Waals surface area contributed by atoms with Crippen LogP contribution in [-0.2, 0) is 11.2 Å². The van der Waals surface area contributed by atoms with Crippen LogP contribution in [0.4, 0.5) is 11.4 Å². The van der Waals surface area contributed by atoms with Crippen molar-refractivity contribution in [3.63, 3.8) is 0 Å². The number of nitrogens with one attached hydrogen (secondary N) is 1. The highest BCUT2D eigenvalue weighted by Crippen LogP contribution is 2.31. The number of nitrogens with zero attached hydrogens (tertiary/aromatic N) is 2. The molecular formula is C21H19N3O5. The van der Waals surface area contributed by atoms with Gasteiger partial charge in [-0.05, 0) is 36.2 Å². The minimum absolute atomic E-state index is 0.0147. The second kappa shape index (κ2) is 8.83. The highest BCUT2D eigenvalue weighted by atomic mass is 16.6. The number of nitro benzene ring substituents is 1. The van der Waals surface area contributed by atoms with Crippen molar-refractivity contribution in [1.82, 2.24) is 4.98 Å². The first-order valence-electron chi connectivity index (χ1n) is 8.76. The number of hydrogen-bond donors (Lipinski definition) is 1. The molecule has 1 N–H and O–H groups in total. The fourth-order valence-corrected chi connectivity index (χ4v) is 2.61. The van der Waals surface area contributed by atoms with Gasteiger partial charge in [-0.2, -0.15) is 0 Å². The number of nitro groups is 1. The summed E-state index contributed by atoms with van der Waals surface area (Å²) in [5.74, 6) is 1.25. The molecule has 3 rings (SSSR count). The molecule has 0 spiro atoms. The third kappa shape index (κ3) is 5.29. The van der Waals surface area contributed by atoms with Gasteiger partial charge in [0.25, 0.3) is 5.69 Å². The van der Waals surface area contributed by atoms with Crippen LogP contribution >= 0.6 is 0 Å². The summed E-state index contributed by atoms with van der Waals surface area (Å²) in [4.78, 5) is 26.6. The van der Waals surface area contributed by atoms with Crippen molar-refractivity contribution < 1.29 is 19.2 Å². The van der Waals surface area contributed by atoms with Crippen LogP contribution in [-0.4, -0.2) is 22.9 Å². The Labute approximate surface area is 167 Å². The van der Waals surface area contributed by atoms with E-state index in [2.05, 4.69) is 10.3 Å². The number of anilines is 1. The zero-order valence-electron chi connectivity index (χ0n) is 15.9. The molecule has 1 amide bonds. The molecule has 2 aromatic carbocycles. The van der Waals surface area contributed by atoms with Gasteiger partial charge in [0.2, 0.25) is 11.8 Å². The Bertz CT molecular complexity index is 1020. The van der Waals surface area contributed by atoms with E-state index in [1.165, 1.54) is 18.3 Å². The molecule has 0 aliphatic carbocycles. The number of pyridine rings is 1. The maximum atomic E-state index is 12.2. The van der Waals surface area contributed by atoms with Gasteiger partial charge in [0, 0.05) is 18.2 Å². The molecule has 0 aliphatic rings. The molecule has 0 aliphatic heterocycles. The minimum Gasteiger partial charge on any atom is -0.493 e. The van der Waals surface area contributed by atoms with Crippen LogP contribution in [0.15, 0.2) is 60.8 Å². The second-order valence-corrected chi connectivity index (χ2v) is 6.29. The molecular weight excluding hydrogens is 374 g/mol. The number of methoxy groups -OCH3 is 1. The van der Waals surface area contributed by atoms with E-state index < -0.39 is 4.92 Å². The van der Waals surface area contributed by atoms with Gasteiger partial charge < -0.3 is 14.8 Å². The largest absolute Gasteiger partial charge is 0.493 e. The number of carbonyl (C=O) groups excluding carboxylic acids is 1. The summed E-state index contributed by atoms with van der Waals surface area (Å²) in [6, 6.07) is 14.7. The normalized spacial score (nSPS) is 10.3. The Kier molecular flexibility index (Phi) is 6.03. The van der Waals surface area contributed by atoms with Gasteiger partial charge in [0.05, 0.1) is 30.3 Å². The summed E-state index contributed by atoms with van der Waals surface area (Å²) >= 11 is 0. The Hall–Kier alpha value is -3.94. The number of carbonyl (C=O) groups is 1. The van der Waals surface area contributed by atoms with Gasteiger partial charge in [-0.1, -0.05) is 18.2 Å². The maximum Gasteiger partial charge on any atom is 0.269 e. The Morgan fingerprint density at radius 2 is 1.86 bits per heavy atom. The van der Waals surface area contributed by atoms with E-state index in [0.29, 0.717) is 28.6 Å². The fraction of sp³-hybridized carbons (Fsp3) is 0.143. The number of rotatable bonds is 7. The van der Waals surface area contributed by atoms with Crippen LogP contribution in [0.25, 0.3) is 0 Å². The molecule has 3 aromatic rings. The lowest BCUT2D eigenvalue weighted by Crippen LogP contribution is -2.14. The van der Waals surface area contributed by atoms with Crippen LogP contribution in [0, 0.1) is 17.0 Å². The first kappa shape index (κ1) is 19.8. The molecule has 8 heteroatoms. The lowest BCUT2D eigenvalue weighted by Gasteiger charge is -2.11. The predicted octanol–water partition coefficient (Wildman–Crippen LogP) is 4.28. The van der Waals surface area contributed by atoms with Gasteiger partial charge >= 0.3 is 0 Å². The van der Waals surface area contributed by atoms with Crippen molar-refractivity contribution in [1.29, 1.82) is 0 Å². The van der Waals surface area contributed by atoms with Crippen LogP contribution in [0.3, 0.4) is 0 Å². The van der Waals surface area contributed by atoms with Gasteiger partial charge in [-0.25, -0.2) is 4.98 Å². The lowest BCUT2D eigenvalue weighted by atomic mass is 10.1. The monoisotopic (exact) mass is 393 g/mol. The van der Waals surface area contributed by atoms with Crippen molar-refractivity contribution in [2.75, 3.05) is 12.4 Å². The number of benzene rings is 2. The summed E-state index contributed by atoms with van der Waals surface area (Å²) in [6.07, 6.45) is 1.58. The Morgan fingerprint density at radius 3 is 2.48 bits per heavy atom.